The summed E-state index contributed by atoms with van der Waals surface area (Å²) in [5.74, 6) is 0.356. The highest BCUT2D eigenvalue weighted by molar-refractivity contribution is 7.91. The molecule has 0 N–H and O–H groups in total. The number of aromatic nitrogens is 2. The average molecular weight is 235 g/mol. The fourth-order valence-corrected chi connectivity index (χ4v) is 2.78. The lowest BCUT2D eigenvalue weighted by atomic mass is 10.5. The van der Waals surface area contributed by atoms with Crippen molar-refractivity contribution in [1.29, 1.82) is 0 Å². The van der Waals surface area contributed by atoms with Gasteiger partial charge in [0.05, 0.1) is 11.4 Å². The Hall–Kier alpha value is -0.680. The Balaban J connectivity index is 2.99. The molecular formula is C8H11ClN2O2S. The van der Waals surface area contributed by atoms with Crippen LogP contribution in [0.1, 0.15) is 12.1 Å². The third-order valence-corrected chi connectivity index (χ3v) is 3.76. The van der Waals surface area contributed by atoms with Crippen molar-refractivity contribution in [2.75, 3.05) is 11.6 Å². The van der Waals surface area contributed by atoms with Crippen molar-refractivity contribution in [3.63, 3.8) is 0 Å². The summed E-state index contributed by atoms with van der Waals surface area (Å²) in [6.45, 7) is 1.63. The second-order valence-corrected chi connectivity index (χ2v) is 5.21. The van der Waals surface area contributed by atoms with Gasteiger partial charge in [0.1, 0.15) is 0 Å². The van der Waals surface area contributed by atoms with Crippen molar-refractivity contribution in [3.8, 4) is 0 Å². The minimum absolute atomic E-state index is 0.0238. The fourth-order valence-electron chi connectivity index (χ4n) is 1.04. The molecule has 6 heteroatoms. The summed E-state index contributed by atoms with van der Waals surface area (Å²) in [7, 11) is -3.31. The molecular weight excluding hydrogens is 224 g/mol. The molecule has 0 aromatic carbocycles. The minimum atomic E-state index is -3.31. The number of aryl methyl sites for hydroxylation is 1. The zero-order valence-electron chi connectivity index (χ0n) is 7.77. The van der Waals surface area contributed by atoms with Crippen LogP contribution in [-0.4, -0.2) is 30.0 Å². The molecule has 78 valence electrons. The lowest BCUT2D eigenvalue weighted by molar-refractivity contribution is 0.589. The van der Waals surface area contributed by atoms with Gasteiger partial charge in [0.15, 0.2) is 14.9 Å². The zero-order valence-corrected chi connectivity index (χ0v) is 9.35. The van der Waals surface area contributed by atoms with Crippen LogP contribution in [0.3, 0.4) is 0 Å². The molecule has 1 heterocycles. The Bertz CT molecular complexity index is 406. The maximum atomic E-state index is 11.7. The van der Waals surface area contributed by atoms with Crippen LogP contribution in [-0.2, 0) is 9.84 Å². The highest BCUT2D eigenvalue weighted by Crippen LogP contribution is 2.11. The Labute approximate surface area is 88.3 Å². The van der Waals surface area contributed by atoms with Crippen LogP contribution in [0.15, 0.2) is 17.4 Å². The van der Waals surface area contributed by atoms with Crippen LogP contribution in [0, 0.1) is 6.92 Å². The van der Waals surface area contributed by atoms with E-state index in [1.807, 2.05) is 0 Å². The average Bonchev–Trinajstić information content (AvgIpc) is 2.15. The number of hydrogen-bond acceptors (Lipinski definition) is 4. The van der Waals surface area contributed by atoms with E-state index in [-0.39, 0.29) is 10.8 Å². The maximum Gasteiger partial charge on any atom is 0.197 e. The van der Waals surface area contributed by atoms with Gasteiger partial charge in [0, 0.05) is 18.3 Å². The van der Waals surface area contributed by atoms with Crippen molar-refractivity contribution in [3.05, 3.63) is 18.1 Å². The molecule has 0 amide bonds. The number of nitrogens with zero attached hydrogens (tertiary/aromatic N) is 2. The Morgan fingerprint density at radius 1 is 1.36 bits per heavy atom. The van der Waals surface area contributed by atoms with Gasteiger partial charge >= 0.3 is 0 Å². The largest absolute Gasteiger partial charge is 0.257 e. The molecule has 0 aliphatic carbocycles. The first-order valence-electron chi connectivity index (χ1n) is 4.14. The lowest BCUT2D eigenvalue weighted by Gasteiger charge is -2.03. The van der Waals surface area contributed by atoms with Crippen molar-refractivity contribution >= 4 is 21.4 Å². The Morgan fingerprint density at radius 2 is 2.00 bits per heavy atom. The van der Waals surface area contributed by atoms with Crippen LogP contribution in [0.25, 0.3) is 0 Å². The normalized spacial score (nSPS) is 11.6. The minimum Gasteiger partial charge on any atom is -0.257 e. The molecule has 1 aromatic rings. The summed E-state index contributed by atoms with van der Waals surface area (Å²) in [6, 6.07) is 0. The van der Waals surface area contributed by atoms with E-state index < -0.39 is 9.84 Å². The van der Waals surface area contributed by atoms with Crippen molar-refractivity contribution in [2.24, 2.45) is 0 Å². The summed E-state index contributed by atoms with van der Waals surface area (Å²) in [6.07, 6.45) is 3.27. The second kappa shape index (κ2) is 4.70. The summed E-state index contributed by atoms with van der Waals surface area (Å²) in [5.41, 5.74) is 0.432. The van der Waals surface area contributed by atoms with E-state index in [4.69, 9.17) is 11.6 Å². The van der Waals surface area contributed by atoms with Crippen molar-refractivity contribution in [1.82, 2.24) is 9.97 Å². The van der Waals surface area contributed by atoms with Crippen molar-refractivity contribution < 1.29 is 8.42 Å². The molecule has 0 saturated heterocycles. The van der Waals surface area contributed by atoms with Gasteiger partial charge in [-0.1, -0.05) is 0 Å². The zero-order chi connectivity index (χ0) is 10.6. The third-order valence-electron chi connectivity index (χ3n) is 1.68. The lowest BCUT2D eigenvalue weighted by Crippen LogP contribution is -2.11. The first kappa shape index (κ1) is 11.4. The molecule has 0 bridgehead atoms. The smallest absolute Gasteiger partial charge is 0.197 e. The molecule has 4 nitrogen and oxygen atoms in total. The molecule has 0 fully saturated rings. The van der Waals surface area contributed by atoms with Gasteiger partial charge in [-0.2, -0.15) is 0 Å². The van der Waals surface area contributed by atoms with Gasteiger partial charge in [-0.05, 0) is 13.3 Å². The van der Waals surface area contributed by atoms with Gasteiger partial charge in [-0.25, -0.2) is 13.4 Å². The van der Waals surface area contributed by atoms with E-state index in [2.05, 4.69) is 9.97 Å². The summed E-state index contributed by atoms with van der Waals surface area (Å²) >= 11 is 5.43. The van der Waals surface area contributed by atoms with E-state index in [9.17, 15) is 8.42 Å². The Morgan fingerprint density at radius 3 is 2.57 bits per heavy atom. The molecule has 0 radical (unpaired) electrons. The number of alkyl halides is 1. The molecule has 14 heavy (non-hydrogen) atoms. The molecule has 0 spiro atoms. The molecule has 0 atom stereocenters. The summed E-state index contributed by atoms with van der Waals surface area (Å²) in [5, 5.41) is 0.0603. The standard InChI is InChI=1S/C8H11ClN2O2S/c1-7-8(11-5-4-10-7)14(12,13)6-2-3-9/h4-5H,2-3,6H2,1H3. The van der Waals surface area contributed by atoms with Crippen LogP contribution in [0.2, 0.25) is 0 Å². The van der Waals surface area contributed by atoms with Gasteiger partial charge in [0.25, 0.3) is 0 Å². The quantitative estimate of drug-likeness (QED) is 0.735. The summed E-state index contributed by atoms with van der Waals surface area (Å²) in [4.78, 5) is 7.69. The topological polar surface area (TPSA) is 59.9 Å². The molecule has 1 aromatic heterocycles. The highest BCUT2D eigenvalue weighted by atomic mass is 35.5. The monoisotopic (exact) mass is 234 g/mol. The SMILES string of the molecule is Cc1nccnc1S(=O)(=O)CCCCl. The van der Waals surface area contributed by atoms with Crippen LogP contribution < -0.4 is 0 Å². The third kappa shape index (κ3) is 2.65. The van der Waals surface area contributed by atoms with Crippen LogP contribution in [0.4, 0.5) is 0 Å². The second-order valence-electron chi connectivity index (χ2n) is 2.81. The molecule has 0 unspecified atom stereocenters. The highest BCUT2D eigenvalue weighted by Gasteiger charge is 2.18. The molecule has 1 rings (SSSR count). The van der Waals surface area contributed by atoms with Gasteiger partial charge in [-0.3, -0.25) is 4.98 Å². The number of hydrogen-bond donors (Lipinski definition) is 0. The van der Waals surface area contributed by atoms with E-state index in [0.717, 1.165) is 0 Å². The number of halogens is 1. The number of rotatable bonds is 4. The van der Waals surface area contributed by atoms with E-state index in [0.29, 0.717) is 18.0 Å². The van der Waals surface area contributed by atoms with E-state index >= 15 is 0 Å². The van der Waals surface area contributed by atoms with Gasteiger partial charge in [0.2, 0.25) is 0 Å². The molecule has 0 saturated carbocycles. The van der Waals surface area contributed by atoms with Gasteiger partial charge < -0.3 is 0 Å². The molecule has 0 aliphatic heterocycles. The predicted molar refractivity (Wildman–Crippen MR) is 54.2 cm³/mol. The molecule has 0 aliphatic rings. The first-order chi connectivity index (χ1) is 6.58. The Kier molecular flexibility index (Phi) is 3.83. The first-order valence-corrected chi connectivity index (χ1v) is 6.33. The van der Waals surface area contributed by atoms with E-state index in [1.165, 1.54) is 12.4 Å². The van der Waals surface area contributed by atoms with Crippen molar-refractivity contribution in [2.45, 2.75) is 18.4 Å². The predicted octanol–water partition coefficient (Wildman–Crippen LogP) is 1.19. The van der Waals surface area contributed by atoms with Crippen LogP contribution in [0.5, 0.6) is 0 Å². The fraction of sp³-hybridized carbons (Fsp3) is 0.500. The number of sulfone groups is 1. The summed E-state index contributed by atoms with van der Waals surface area (Å²) < 4.78 is 23.3. The van der Waals surface area contributed by atoms with Crippen LogP contribution >= 0.6 is 11.6 Å². The van der Waals surface area contributed by atoms with E-state index in [1.54, 1.807) is 6.92 Å². The maximum absolute atomic E-state index is 11.7. The van der Waals surface area contributed by atoms with Gasteiger partial charge in [-0.15, -0.1) is 11.6 Å².